The number of carbonyl (C=O) groups excluding carboxylic acids is 3. The highest BCUT2D eigenvalue weighted by atomic mass is 32.1. The van der Waals surface area contributed by atoms with E-state index < -0.39 is 18.1 Å². The minimum absolute atomic E-state index is 0.121. The summed E-state index contributed by atoms with van der Waals surface area (Å²) in [6.45, 7) is 13.4. The largest absolute Gasteiger partial charge is 0.490 e. The molecular weight excluding hydrogens is 621 g/mol. The van der Waals surface area contributed by atoms with Gasteiger partial charge in [-0.2, -0.15) is 18.4 Å². The molecule has 4 rings (SSSR count). The van der Waals surface area contributed by atoms with Crippen molar-refractivity contribution < 1.29 is 32.3 Å². The fraction of sp³-hybridized carbons (Fsp3) is 0.438. The van der Waals surface area contributed by atoms with Gasteiger partial charge in [0.1, 0.15) is 17.9 Å². The van der Waals surface area contributed by atoms with Crippen LogP contribution in [-0.2, 0) is 14.4 Å². The number of alkyl halides is 3. The Morgan fingerprint density at radius 1 is 1.24 bits per heavy atom. The van der Waals surface area contributed by atoms with E-state index in [1.807, 2.05) is 29.3 Å². The maximum absolute atomic E-state index is 12.3. The van der Waals surface area contributed by atoms with Crippen LogP contribution in [0.4, 0.5) is 13.2 Å². The maximum Gasteiger partial charge on any atom is 0.470 e. The predicted molar refractivity (Wildman–Crippen MR) is 168 cm³/mol. The lowest BCUT2D eigenvalue weighted by molar-refractivity contribution is -0.169. The smallest absolute Gasteiger partial charge is 0.470 e. The summed E-state index contributed by atoms with van der Waals surface area (Å²) in [5, 5.41) is 14.7. The number of nitrogens with one attached hydrogen (secondary N) is 1. The average Bonchev–Trinajstić information content (AvgIpc) is 3.51. The Balaban J connectivity index is 0.000000267. The van der Waals surface area contributed by atoms with Gasteiger partial charge in [0, 0.05) is 66.7 Å². The third-order valence-corrected chi connectivity index (χ3v) is 7.99. The lowest BCUT2D eigenvalue weighted by atomic mass is 9.84. The molecule has 3 N–H and O–H groups in total. The number of fused-ring (bicyclic) bond motifs is 1. The number of nitrogens with two attached hydrogens (primary N) is 1. The van der Waals surface area contributed by atoms with Crippen molar-refractivity contribution in [2.45, 2.75) is 66.3 Å². The number of primary amides is 1. The van der Waals surface area contributed by atoms with Crippen LogP contribution < -0.4 is 15.8 Å². The molecule has 1 unspecified atom stereocenters. The van der Waals surface area contributed by atoms with Crippen molar-refractivity contribution in [2.24, 2.45) is 17.1 Å². The number of pyridine rings is 2. The SMILES string of the molecule is CC#Cc1csc2cncc(C(C#N)NC(C)=O)c12.C[C@H](CC(=O)N1C[C@H](C)C(C)(C)C1)Oc1ccncc1.NC(=O)C(F)(F)F. The number of amides is 3. The predicted octanol–water partition coefficient (Wildman–Crippen LogP) is 5.15. The van der Waals surface area contributed by atoms with Gasteiger partial charge in [0.25, 0.3) is 0 Å². The van der Waals surface area contributed by atoms with Crippen LogP contribution in [0.5, 0.6) is 5.75 Å². The molecule has 0 saturated carbocycles. The molecule has 1 aliphatic rings. The topological polar surface area (TPSA) is 151 Å². The standard InChI is InChI=1S/C16H24N2O2.C14H11N3OS.C2H2F3NO/c1-12-10-18(11-16(12,3)4)15(19)9-13(2)20-14-5-7-17-8-6-14;1-3-4-10-8-19-13-7-16-6-11(14(10)13)12(5-15)17-9(2)18;3-2(4,5)1(6)7/h5-8,12-13H,9-11H2,1-4H3;6-8,12H,1-2H3,(H,17,18);(H2,6,7)/t12-,13+;;/m0../s1. The van der Waals surface area contributed by atoms with Crippen LogP contribution >= 0.6 is 11.3 Å². The molecule has 3 atom stereocenters. The van der Waals surface area contributed by atoms with Gasteiger partial charge in [0.2, 0.25) is 11.8 Å². The molecule has 1 aliphatic heterocycles. The van der Waals surface area contributed by atoms with Gasteiger partial charge >= 0.3 is 12.1 Å². The molecule has 1 fully saturated rings. The Bertz CT molecular complexity index is 1610. The number of aromatic nitrogens is 2. The molecule has 46 heavy (non-hydrogen) atoms. The summed E-state index contributed by atoms with van der Waals surface area (Å²) in [5.74, 6) is 4.85. The highest BCUT2D eigenvalue weighted by Crippen LogP contribution is 2.35. The van der Waals surface area contributed by atoms with Crippen molar-refractivity contribution in [1.82, 2.24) is 20.2 Å². The van der Waals surface area contributed by atoms with Crippen LogP contribution in [-0.4, -0.2) is 58.0 Å². The molecule has 4 heterocycles. The van der Waals surface area contributed by atoms with E-state index in [1.165, 1.54) is 18.3 Å². The molecule has 246 valence electrons. The first-order valence-electron chi connectivity index (χ1n) is 14.2. The summed E-state index contributed by atoms with van der Waals surface area (Å²) in [6, 6.07) is 4.99. The molecular formula is C32H37F3N6O4S. The van der Waals surface area contributed by atoms with Crippen LogP contribution in [0.3, 0.4) is 0 Å². The number of ether oxygens (including phenoxy) is 1. The van der Waals surface area contributed by atoms with Crippen LogP contribution in [0.25, 0.3) is 10.1 Å². The number of likely N-dealkylation sites (tertiary alicyclic amines) is 1. The molecule has 1 saturated heterocycles. The number of nitriles is 1. The van der Waals surface area contributed by atoms with E-state index in [0.717, 1.165) is 34.5 Å². The summed E-state index contributed by atoms with van der Waals surface area (Å²) >= 11 is 1.53. The molecule has 0 aromatic carbocycles. The van der Waals surface area contributed by atoms with Gasteiger partial charge in [-0.05, 0) is 37.3 Å². The second-order valence-electron chi connectivity index (χ2n) is 11.2. The Hall–Kier alpha value is -4.69. The van der Waals surface area contributed by atoms with Crippen LogP contribution in [0.2, 0.25) is 0 Å². The summed E-state index contributed by atoms with van der Waals surface area (Å²) < 4.78 is 38.8. The second-order valence-corrected chi connectivity index (χ2v) is 12.1. The van der Waals surface area contributed by atoms with Gasteiger partial charge < -0.3 is 20.7 Å². The normalized spacial score (nSPS) is 16.2. The molecule has 0 aliphatic carbocycles. The molecule has 0 radical (unpaired) electrons. The molecule has 10 nitrogen and oxygen atoms in total. The first-order valence-corrected chi connectivity index (χ1v) is 15.0. The monoisotopic (exact) mass is 658 g/mol. The second kappa shape index (κ2) is 16.6. The Labute approximate surface area is 270 Å². The quantitative estimate of drug-likeness (QED) is 0.348. The lowest BCUT2D eigenvalue weighted by Gasteiger charge is -2.23. The van der Waals surface area contributed by atoms with Crippen molar-refractivity contribution in [3.63, 3.8) is 0 Å². The summed E-state index contributed by atoms with van der Waals surface area (Å²) in [5.41, 5.74) is 5.57. The van der Waals surface area contributed by atoms with E-state index in [9.17, 15) is 28.0 Å². The zero-order chi connectivity index (χ0) is 34.7. The van der Waals surface area contributed by atoms with Crippen LogP contribution in [0.1, 0.15) is 65.1 Å². The minimum Gasteiger partial charge on any atom is -0.490 e. The number of rotatable bonds is 6. The summed E-state index contributed by atoms with van der Waals surface area (Å²) in [4.78, 5) is 42.6. The number of nitrogens with zero attached hydrogens (tertiary/aromatic N) is 4. The van der Waals surface area contributed by atoms with Crippen LogP contribution in [0, 0.1) is 34.5 Å². The van der Waals surface area contributed by atoms with Crippen molar-refractivity contribution in [3.05, 3.63) is 53.4 Å². The molecule has 3 amide bonds. The third kappa shape index (κ3) is 11.0. The minimum atomic E-state index is -4.86. The van der Waals surface area contributed by atoms with E-state index in [-0.39, 0.29) is 23.3 Å². The van der Waals surface area contributed by atoms with Crippen molar-refractivity contribution >= 4 is 39.1 Å². The molecule has 0 bridgehead atoms. The number of thiophene rings is 1. The van der Waals surface area contributed by atoms with E-state index in [0.29, 0.717) is 17.9 Å². The highest BCUT2D eigenvalue weighted by molar-refractivity contribution is 7.17. The fourth-order valence-electron chi connectivity index (χ4n) is 4.39. The van der Waals surface area contributed by atoms with Crippen molar-refractivity contribution in [2.75, 3.05) is 13.1 Å². The summed E-state index contributed by atoms with van der Waals surface area (Å²) in [6.07, 6.45) is 2.17. The van der Waals surface area contributed by atoms with Gasteiger partial charge in [-0.15, -0.1) is 17.3 Å². The highest BCUT2D eigenvalue weighted by Gasteiger charge is 2.38. The molecule has 0 spiro atoms. The molecule has 3 aromatic rings. The zero-order valence-electron chi connectivity index (χ0n) is 26.4. The Morgan fingerprint density at radius 2 is 1.87 bits per heavy atom. The number of hydrogen-bond acceptors (Lipinski definition) is 8. The van der Waals surface area contributed by atoms with Gasteiger partial charge in [-0.25, -0.2) is 0 Å². The number of hydrogen-bond donors (Lipinski definition) is 2. The van der Waals surface area contributed by atoms with Crippen LogP contribution in [0.15, 0.2) is 42.3 Å². The zero-order valence-corrected chi connectivity index (χ0v) is 27.3. The molecule has 14 heteroatoms. The van der Waals surface area contributed by atoms with Gasteiger partial charge in [-0.1, -0.05) is 26.7 Å². The van der Waals surface area contributed by atoms with Crippen molar-refractivity contribution in [1.29, 1.82) is 5.26 Å². The van der Waals surface area contributed by atoms with E-state index in [4.69, 9.17) is 9.53 Å². The van der Waals surface area contributed by atoms with Crippen molar-refractivity contribution in [3.8, 4) is 23.7 Å². The number of halogens is 3. The molecule has 3 aromatic heterocycles. The van der Waals surface area contributed by atoms with E-state index >= 15 is 0 Å². The van der Waals surface area contributed by atoms with Gasteiger partial charge in [0.05, 0.1) is 17.2 Å². The van der Waals surface area contributed by atoms with Gasteiger partial charge in [0.15, 0.2) is 0 Å². The Morgan fingerprint density at radius 3 is 2.37 bits per heavy atom. The first kappa shape index (κ1) is 37.5. The Kier molecular flexibility index (Phi) is 13.5. The van der Waals surface area contributed by atoms with E-state index in [2.05, 4.69) is 59.7 Å². The van der Waals surface area contributed by atoms with Gasteiger partial charge in [-0.3, -0.25) is 24.4 Å². The first-order chi connectivity index (χ1) is 21.5. The summed E-state index contributed by atoms with van der Waals surface area (Å²) in [7, 11) is 0. The fourth-order valence-corrected chi connectivity index (χ4v) is 5.28. The maximum atomic E-state index is 12.3. The van der Waals surface area contributed by atoms with E-state index in [1.54, 1.807) is 31.7 Å². The average molecular weight is 659 g/mol. The number of carbonyl (C=O) groups is 3. The lowest BCUT2D eigenvalue weighted by Crippen LogP contribution is -2.33. The third-order valence-electron chi connectivity index (χ3n) is 7.07.